The number of amides is 4. The van der Waals surface area contributed by atoms with Crippen molar-refractivity contribution >= 4 is 33.3 Å². The summed E-state index contributed by atoms with van der Waals surface area (Å²) in [5.74, 6) is 2.57. The quantitative estimate of drug-likeness (QED) is 0.336. The van der Waals surface area contributed by atoms with Crippen LogP contribution in [0.3, 0.4) is 0 Å². The third-order valence-electron chi connectivity index (χ3n) is 8.06. The van der Waals surface area contributed by atoms with Gasteiger partial charge in [0, 0.05) is 24.5 Å². The van der Waals surface area contributed by atoms with Gasteiger partial charge in [-0.25, -0.2) is 18.0 Å². The fraction of sp³-hybridized carbons (Fsp3) is 0.517. The highest BCUT2D eigenvalue weighted by molar-refractivity contribution is 7.91. The Balaban J connectivity index is 1.24. The monoisotopic (exact) mass is 540 g/mol. The Morgan fingerprint density at radius 2 is 1.16 bits per heavy atom. The van der Waals surface area contributed by atoms with Gasteiger partial charge in [0.25, 0.3) is 0 Å². The number of hydrogen-bond donors (Lipinski definition) is 4. The Labute approximate surface area is 226 Å². The Morgan fingerprint density at radius 3 is 1.63 bits per heavy atom. The highest BCUT2D eigenvalue weighted by atomic mass is 32.2. The van der Waals surface area contributed by atoms with Crippen molar-refractivity contribution < 1.29 is 18.0 Å². The number of nitrogens with one attached hydrogen (secondary N) is 4. The molecule has 38 heavy (non-hydrogen) atoms. The van der Waals surface area contributed by atoms with E-state index in [9.17, 15) is 18.0 Å². The summed E-state index contributed by atoms with van der Waals surface area (Å²) in [4.78, 5) is 24.2. The van der Waals surface area contributed by atoms with Crippen LogP contribution in [0.2, 0.25) is 0 Å². The van der Waals surface area contributed by atoms with Gasteiger partial charge in [-0.3, -0.25) is 0 Å². The maximum absolute atomic E-state index is 13.0. The lowest BCUT2D eigenvalue weighted by Crippen LogP contribution is -2.40. The average molecular weight is 541 g/mol. The van der Waals surface area contributed by atoms with Gasteiger partial charge in [0.1, 0.15) is 0 Å². The lowest BCUT2D eigenvalue weighted by Gasteiger charge is -2.33. The normalized spacial score (nSPS) is 23.7. The summed E-state index contributed by atoms with van der Waals surface area (Å²) in [6, 6.07) is 11.7. The molecule has 0 saturated heterocycles. The summed E-state index contributed by atoms with van der Waals surface area (Å²) in [5, 5.41) is 10.9. The second-order valence-electron chi connectivity index (χ2n) is 10.9. The molecule has 4 rings (SSSR count). The predicted molar refractivity (Wildman–Crippen MR) is 150 cm³/mol. The molecule has 0 aliphatic heterocycles. The zero-order valence-electron chi connectivity index (χ0n) is 22.3. The van der Waals surface area contributed by atoms with Crippen LogP contribution in [-0.2, 0) is 9.84 Å². The number of sulfone groups is 1. The summed E-state index contributed by atoms with van der Waals surface area (Å²) < 4.78 is 26.0. The van der Waals surface area contributed by atoms with E-state index in [1.54, 1.807) is 12.1 Å². The summed E-state index contributed by atoms with van der Waals surface area (Å²) >= 11 is 0. The Hall–Kier alpha value is -3.07. The van der Waals surface area contributed by atoms with Crippen molar-refractivity contribution in [3.8, 4) is 0 Å². The molecule has 4 amide bonds. The van der Waals surface area contributed by atoms with E-state index in [4.69, 9.17) is 0 Å². The number of carbonyl (C=O) groups excluding carboxylic acids is 2. The first-order valence-electron chi connectivity index (χ1n) is 13.7. The molecule has 2 aliphatic carbocycles. The van der Waals surface area contributed by atoms with Gasteiger partial charge in [-0.05, 0) is 98.4 Å². The van der Waals surface area contributed by atoms with E-state index < -0.39 is 9.84 Å². The van der Waals surface area contributed by atoms with Gasteiger partial charge in [-0.1, -0.05) is 32.6 Å². The minimum Gasteiger partial charge on any atom is -0.341 e. The maximum Gasteiger partial charge on any atom is 0.319 e. The largest absolute Gasteiger partial charge is 0.341 e. The highest BCUT2D eigenvalue weighted by Crippen LogP contribution is 2.37. The van der Waals surface area contributed by atoms with E-state index in [1.807, 2.05) is 0 Å². The van der Waals surface area contributed by atoms with Crippen molar-refractivity contribution in [1.82, 2.24) is 10.6 Å². The van der Waals surface area contributed by atoms with Crippen molar-refractivity contribution in [3.05, 3.63) is 48.5 Å². The minimum atomic E-state index is -3.73. The summed E-state index contributed by atoms with van der Waals surface area (Å²) in [6.45, 7) is 2.37. The second kappa shape index (κ2) is 12.7. The molecule has 2 saturated carbocycles. The number of hydrogen-bond acceptors (Lipinski definition) is 4. The Kier molecular flexibility index (Phi) is 9.31. The van der Waals surface area contributed by atoms with Gasteiger partial charge in [0.05, 0.1) is 9.79 Å². The Morgan fingerprint density at radius 1 is 0.711 bits per heavy atom. The van der Waals surface area contributed by atoms with E-state index in [0.29, 0.717) is 11.4 Å². The second-order valence-corrected chi connectivity index (χ2v) is 12.9. The molecule has 2 fully saturated rings. The Bertz CT molecular complexity index is 1180. The molecule has 0 radical (unpaired) electrons. The first kappa shape index (κ1) is 28.0. The molecule has 0 unspecified atom stereocenters. The molecular weight excluding hydrogens is 500 g/mol. The van der Waals surface area contributed by atoms with Gasteiger partial charge in [0.15, 0.2) is 0 Å². The molecule has 0 heterocycles. The number of urea groups is 2. The lowest BCUT2D eigenvalue weighted by atomic mass is 9.75. The third kappa shape index (κ3) is 7.49. The van der Waals surface area contributed by atoms with Crippen LogP contribution in [0.4, 0.5) is 21.0 Å². The lowest BCUT2D eigenvalue weighted by molar-refractivity contribution is 0.202. The van der Waals surface area contributed by atoms with Crippen LogP contribution in [0.1, 0.15) is 64.7 Å². The van der Waals surface area contributed by atoms with Crippen LogP contribution in [0.15, 0.2) is 58.3 Å². The zero-order chi connectivity index (χ0) is 27.1. The summed E-state index contributed by atoms with van der Waals surface area (Å²) in [6.07, 6.45) is 11.2. The molecule has 0 atom stereocenters. The molecule has 2 aromatic carbocycles. The minimum absolute atomic E-state index is 0.118. The molecule has 0 bridgehead atoms. The first-order chi connectivity index (χ1) is 18.2. The van der Waals surface area contributed by atoms with Crippen LogP contribution < -0.4 is 21.3 Å². The topological polar surface area (TPSA) is 116 Å². The van der Waals surface area contributed by atoms with Crippen LogP contribution in [-0.4, -0.2) is 33.6 Å². The summed E-state index contributed by atoms with van der Waals surface area (Å²) in [7, 11) is -2.23. The van der Waals surface area contributed by atoms with Crippen molar-refractivity contribution in [1.29, 1.82) is 0 Å². The van der Waals surface area contributed by atoms with Crippen LogP contribution in [0.25, 0.3) is 0 Å². The van der Waals surface area contributed by atoms with E-state index in [1.165, 1.54) is 88.4 Å². The SMILES string of the molecule is CNC(=O)Nc1ccc(S(=O)(=O)c2ccc(NC(=O)NC3CCC(CC4CCC(C)CC4)CC3)cc2)cc1. The molecule has 9 heteroatoms. The molecule has 4 N–H and O–H groups in total. The van der Waals surface area contributed by atoms with Crippen LogP contribution in [0, 0.1) is 17.8 Å². The highest BCUT2D eigenvalue weighted by Gasteiger charge is 2.26. The van der Waals surface area contributed by atoms with Crippen LogP contribution >= 0.6 is 0 Å². The molecular formula is C29H40N4O4S. The fourth-order valence-electron chi connectivity index (χ4n) is 5.70. The van der Waals surface area contributed by atoms with Crippen molar-refractivity contribution in [2.45, 2.75) is 80.5 Å². The maximum atomic E-state index is 13.0. The molecule has 2 aliphatic rings. The molecule has 2 aromatic rings. The predicted octanol–water partition coefficient (Wildman–Crippen LogP) is 6.17. The third-order valence-corrected chi connectivity index (χ3v) is 9.84. The van der Waals surface area contributed by atoms with Gasteiger partial charge in [-0.15, -0.1) is 0 Å². The van der Waals surface area contributed by atoms with Crippen molar-refractivity contribution in [2.75, 3.05) is 17.7 Å². The number of anilines is 2. The van der Waals surface area contributed by atoms with Crippen LogP contribution in [0.5, 0.6) is 0 Å². The molecule has 0 aromatic heterocycles. The van der Waals surface area contributed by atoms with E-state index in [0.717, 1.165) is 30.6 Å². The van der Waals surface area contributed by atoms with Gasteiger partial charge < -0.3 is 21.3 Å². The first-order valence-corrected chi connectivity index (χ1v) is 15.2. The summed E-state index contributed by atoms with van der Waals surface area (Å²) in [5.41, 5.74) is 1.02. The van der Waals surface area contributed by atoms with Gasteiger partial charge in [0.2, 0.25) is 9.84 Å². The van der Waals surface area contributed by atoms with E-state index in [-0.39, 0.29) is 27.9 Å². The fourth-order valence-corrected chi connectivity index (χ4v) is 6.96. The van der Waals surface area contributed by atoms with Gasteiger partial charge in [-0.2, -0.15) is 0 Å². The number of benzene rings is 2. The number of rotatable bonds is 7. The zero-order valence-corrected chi connectivity index (χ0v) is 23.1. The standard InChI is InChI=1S/C29H40N4O4S/c1-20-3-5-21(6-4-20)19-22-7-9-23(10-8-22)32-29(35)33-25-13-17-27(18-14-25)38(36,37)26-15-11-24(12-16-26)31-28(34)30-2/h11-18,20-23H,3-10,19H2,1-2H3,(H2,30,31,34)(H2,32,33,35). The van der Waals surface area contributed by atoms with Crippen molar-refractivity contribution in [2.24, 2.45) is 17.8 Å². The van der Waals surface area contributed by atoms with Crippen molar-refractivity contribution in [3.63, 3.8) is 0 Å². The molecule has 206 valence electrons. The smallest absolute Gasteiger partial charge is 0.319 e. The van der Waals surface area contributed by atoms with Gasteiger partial charge >= 0.3 is 12.1 Å². The number of carbonyl (C=O) groups is 2. The molecule has 0 spiro atoms. The van der Waals surface area contributed by atoms with E-state index in [2.05, 4.69) is 28.2 Å². The molecule has 8 nitrogen and oxygen atoms in total. The van der Waals surface area contributed by atoms with E-state index >= 15 is 0 Å². The average Bonchev–Trinajstić information content (AvgIpc) is 2.91.